The van der Waals surface area contributed by atoms with Crippen molar-refractivity contribution in [2.75, 3.05) is 23.0 Å². The molecule has 8 heteroatoms. The molecule has 2 aromatic carbocycles. The third-order valence-corrected chi connectivity index (χ3v) is 5.68. The zero-order valence-corrected chi connectivity index (χ0v) is 17.3. The smallest absolute Gasteiger partial charge is 0.248 e. The molecule has 0 fully saturated rings. The zero-order chi connectivity index (χ0) is 20.2. The highest BCUT2D eigenvalue weighted by Gasteiger charge is 2.31. The van der Waals surface area contributed by atoms with E-state index in [2.05, 4.69) is 5.32 Å². The molecule has 0 saturated heterocycles. The lowest BCUT2D eigenvalue weighted by atomic mass is 10.1. The number of hydrogen-bond acceptors (Lipinski definition) is 4. The fraction of sp³-hybridized carbons (Fsp3) is 0.316. The Kier molecular flexibility index (Phi) is 6.73. The SMILES string of the molecule is CCC(C(=O)Nc1ccc(C)c(Cl)c1)N(c1ccc(OC)cc1)S(C)(=O)=O. The molecule has 0 aliphatic carbocycles. The van der Waals surface area contributed by atoms with Gasteiger partial charge in [-0.05, 0) is 55.3 Å². The van der Waals surface area contributed by atoms with Gasteiger partial charge < -0.3 is 10.1 Å². The lowest BCUT2D eigenvalue weighted by Crippen LogP contribution is -2.47. The molecule has 0 heterocycles. The monoisotopic (exact) mass is 410 g/mol. The highest BCUT2D eigenvalue weighted by Crippen LogP contribution is 2.26. The summed E-state index contributed by atoms with van der Waals surface area (Å²) in [5, 5.41) is 3.28. The van der Waals surface area contributed by atoms with Gasteiger partial charge in [0.2, 0.25) is 15.9 Å². The van der Waals surface area contributed by atoms with Crippen LogP contribution in [0.25, 0.3) is 0 Å². The molecule has 0 saturated carbocycles. The standard InChI is InChI=1S/C19H23ClN2O4S/c1-5-18(19(23)21-14-7-6-13(2)17(20)12-14)22(27(4,24)25)15-8-10-16(26-3)11-9-15/h6-12,18H,5H2,1-4H3,(H,21,23). The van der Waals surface area contributed by atoms with Crippen molar-refractivity contribution in [3.05, 3.63) is 53.1 Å². The Hall–Kier alpha value is -2.25. The fourth-order valence-corrected chi connectivity index (χ4v) is 4.08. The van der Waals surface area contributed by atoms with Gasteiger partial charge >= 0.3 is 0 Å². The van der Waals surface area contributed by atoms with Crippen molar-refractivity contribution in [2.45, 2.75) is 26.3 Å². The highest BCUT2D eigenvalue weighted by atomic mass is 35.5. The second-order valence-electron chi connectivity index (χ2n) is 6.13. The summed E-state index contributed by atoms with van der Waals surface area (Å²) in [6, 6.07) is 10.8. The van der Waals surface area contributed by atoms with Gasteiger partial charge in [0.25, 0.3) is 0 Å². The summed E-state index contributed by atoms with van der Waals surface area (Å²) >= 11 is 6.10. The maximum atomic E-state index is 12.8. The van der Waals surface area contributed by atoms with Crippen molar-refractivity contribution in [1.29, 1.82) is 0 Å². The van der Waals surface area contributed by atoms with Gasteiger partial charge in [0.1, 0.15) is 11.8 Å². The number of carbonyl (C=O) groups excluding carboxylic acids is 1. The van der Waals surface area contributed by atoms with Gasteiger partial charge in [-0.25, -0.2) is 8.42 Å². The molecule has 2 rings (SSSR count). The minimum absolute atomic E-state index is 0.296. The molecule has 1 unspecified atom stereocenters. The number of nitrogens with zero attached hydrogens (tertiary/aromatic N) is 1. The van der Waals surface area contributed by atoms with Crippen molar-refractivity contribution in [3.63, 3.8) is 0 Å². The first-order valence-corrected chi connectivity index (χ1v) is 10.6. The van der Waals surface area contributed by atoms with Crippen LogP contribution in [0.4, 0.5) is 11.4 Å². The number of aryl methyl sites for hydroxylation is 1. The molecule has 2 aromatic rings. The molecule has 1 N–H and O–H groups in total. The lowest BCUT2D eigenvalue weighted by Gasteiger charge is -2.30. The molecular formula is C19H23ClN2O4S. The minimum atomic E-state index is -3.70. The van der Waals surface area contributed by atoms with Gasteiger partial charge in [-0.2, -0.15) is 0 Å². The predicted molar refractivity (Wildman–Crippen MR) is 109 cm³/mol. The molecular weight excluding hydrogens is 388 g/mol. The summed E-state index contributed by atoms with van der Waals surface area (Å²) < 4.78 is 31.1. The number of ether oxygens (including phenoxy) is 1. The number of nitrogens with one attached hydrogen (secondary N) is 1. The largest absolute Gasteiger partial charge is 0.497 e. The second kappa shape index (κ2) is 8.63. The average molecular weight is 411 g/mol. The number of hydrogen-bond donors (Lipinski definition) is 1. The number of anilines is 2. The van der Waals surface area contributed by atoms with Crippen LogP contribution in [0.3, 0.4) is 0 Å². The van der Waals surface area contributed by atoms with E-state index in [-0.39, 0.29) is 0 Å². The first-order chi connectivity index (χ1) is 12.7. The van der Waals surface area contributed by atoms with E-state index in [0.29, 0.717) is 28.6 Å². The van der Waals surface area contributed by atoms with Crippen LogP contribution in [0.2, 0.25) is 5.02 Å². The Morgan fingerprint density at radius 2 is 1.85 bits per heavy atom. The minimum Gasteiger partial charge on any atom is -0.497 e. The molecule has 0 aliphatic heterocycles. The quantitative estimate of drug-likeness (QED) is 0.752. The normalized spacial score (nSPS) is 12.3. The summed E-state index contributed by atoms with van der Waals surface area (Å²) in [5.41, 5.74) is 1.79. The van der Waals surface area contributed by atoms with E-state index in [9.17, 15) is 13.2 Å². The van der Waals surface area contributed by atoms with E-state index in [0.717, 1.165) is 16.1 Å². The van der Waals surface area contributed by atoms with Crippen LogP contribution < -0.4 is 14.4 Å². The molecule has 0 aromatic heterocycles. The van der Waals surface area contributed by atoms with E-state index in [4.69, 9.17) is 16.3 Å². The van der Waals surface area contributed by atoms with E-state index in [1.165, 1.54) is 7.11 Å². The van der Waals surface area contributed by atoms with Crippen LogP contribution in [-0.4, -0.2) is 33.7 Å². The Morgan fingerprint density at radius 1 is 1.22 bits per heavy atom. The number of halogens is 1. The molecule has 146 valence electrons. The van der Waals surface area contributed by atoms with Crippen molar-refractivity contribution >= 4 is 38.9 Å². The molecule has 0 spiro atoms. The Labute approximate surface area is 165 Å². The first kappa shape index (κ1) is 21.1. The van der Waals surface area contributed by atoms with Gasteiger partial charge in [-0.1, -0.05) is 24.6 Å². The van der Waals surface area contributed by atoms with Gasteiger partial charge in [0.15, 0.2) is 0 Å². The summed E-state index contributed by atoms with van der Waals surface area (Å²) in [7, 11) is -2.17. The Balaban J connectivity index is 2.35. The number of rotatable bonds is 7. The van der Waals surface area contributed by atoms with Crippen LogP contribution >= 0.6 is 11.6 Å². The summed E-state index contributed by atoms with van der Waals surface area (Å²) in [5.74, 6) is 0.165. The van der Waals surface area contributed by atoms with Crippen LogP contribution in [0, 0.1) is 6.92 Å². The van der Waals surface area contributed by atoms with E-state index >= 15 is 0 Å². The van der Waals surface area contributed by atoms with Crippen LogP contribution in [-0.2, 0) is 14.8 Å². The van der Waals surface area contributed by atoms with Crippen molar-refractivity contribution < 1.29 is 17.9 Å². The fourth-order valence-electron chi connectivity index (χ4n) is 2.69. The third kappa shape index (κ3) is 5.14. The van der Waals surface area contributed by atoms with Gasteiger partial charge in [-0.3, -0.25) is 9.10 Å². The Morgan fingerprint density at radius 3 is 2.33 bits per heavy atom. The molecule has 1 atom stereocenters. The first-order valence-electron chi connectivity index (χ1n) is 8.37. The van der Waals surface area contributed by atoms with Crippen molar-refractivity contribution in [1.82, 2.24) is 0 Å². The van der Waals surface area contributed by atoms with Gasteiger partial charge in [0.05, 0.1) is 19.1 Å². The van der Waals surface area contributed by atoms with Crippen LogP contribution in [0.1, 0.15) is 18.9 Å². The van der Waals surface area contributed by atoms with Crippen molar-refractivity contribution in [3.8, 4) is 5.75 Å². The average Bonchev–Trinajstić information content (AvgIpc) is 2.61. The van der Waals surface area contributed by atoms with E-state index < -0.39 is 22.0 Å². The summed E-state index contributed by atoms with van der Waals surface area (Å²) in [6.07, 6.45) is 1.38. The Bertz CT molecular complexity index is 914. The third-order valence-electron chi connectivity index (χ3n) is 4.10. The van der Waals surface area contributed by atoms with Crippen LogP contribution in [0.5, 0.6) is 5.75 Å². The molecule has 6 nitrogen and oxygen atoms in total. The number of amides is 1. The highest BCUT2D eigenvalue weighted by molar-refractivity contribution is 7.92. The zero-order valence-electron chi connectivity index (χ0n) is 15.7. The number of sulfonamides is 1. The van der Waals surface area contributed by atoms with E-state index in [1.807, 2.05) is 6.92 Å². The topological polar surface area (TPSA) is 75.7 Å². The summed E-state index contributed by atoms with van der Waals surface area (Å²) in [6.45, 7) is 3.62. The van der Waals surface area contributed by atoms with E-state index in [1.54, 1.807) is 49.4 Å². The predicted octanol–water partition coefficient (Wildman–Crippen LogP) is 3.84. The maximum absolute atomic E-state index is 12.8. The van der Waals surface area contributed by atoms with Crippen molar-refractivity contribution in [2.24, 2.45) is 0 Å². The summed E-state index contributed by atoms with van der Waals surface area (Å²) in [4.78, 5) is 12.8. The maximum Gasteiger partial charge on any atom is 0.248 e. The number of carbonyl (C=O) groups is 1. The molecule has 0 radical (unpaired) electrons. The molecule has 0 bridgehead atoms. The lowest BCUT2D eigenvalue weighted by molar-refractivity contribution is -0.117. The molecule has 0 aliphatic rings. The molecule has 1 amide bonds. The van der Waals surface area contributed by atoms with Gasteiger partial charge in [0, 0.05) is 10.7 Å². The number of benzene rings is 2. The van der Waals surface area contributed by atoms with Crippen LogP contribution in [0.15, 0.2) is 42.5 Å². The number of methoxy groups -OCH3 is 1. The second-order valence-corrected chi connectivity index (χ2v) is 8.40. The van der Waals surface area contributed by atoms with Gasteiger partial charge in [-0.15, -0.1) is 0 Å². The molecule has 27 heavy (non-hydrogen) atoms.